The third-order valence-corrected chi connectivity index (χ3v) is 3.78. The normalized spacial score (nSPS) is 12.6. The number of rotatable bonds is 4. The topological polar surface area (TPSA) is 73.6 Å². The zero-order valence-electron chi connectivity index (χ0n) is 13.4. The summed E-state index contributed by atoms with van der Waals surface area (Å²) in [4.78, 5) is 12.2. The molecule has 0 unspecified atom stereocenters. The Labute approximate surface area is 144 Å². The second-order valence-electron chi connectivity index (χ2n) is 5.63. The molecule has 25 heavy (non-hydrogen) atoms. The first-order valence-electron chi connectivity index (χ1n) is 7.98. The van der Waals surface area contributed by atoms with Gasteiger partial charge in [0.2, 0.25) is 5.91 Å². The minimum Gasteiger partial charge on any atom is -0.486 e. The monoisotopic (exact) mass is 336 g/mol. The van der Waals surface area contributed by atoms with Crippen molar-refractivity contribution in [2.45, 2.75) is 6.42 Å². The van der Waals surface area contributed by atoms with Crippen molar-refractivity contribution in [3.8, 4) is 22.8 Å². The Hall–Kier alpha value is -3.28. The number of fused-ring (bicyclic) bond motifs is 1. The van der Waals surface area contributed by atoms with Gasteiger partial charge in [0.1, 0.15) is 13.2 Å². The third-order valence-electron chi connectivity index (χ3n) is 3.78. The molecule has 2 heterocycles. The summed E-state index contributed by atoms with van der Waals surface area (Å²) in [5.41, 5.74) is 2.16. The second-order valence-corrected chi connectivity index (χ2v) is 5.63. The third kappa shape index (κ3) is 3.47. The second kappa shape index (κ2) is 6.68. The zero-order valence-corrected chi connectivity index (χ0v) is 13.4. The number of carbonyl (C=O) groups is 1. The number of amides is 1. The number of hydrogen-bond donors (Lipinski definition) is 1. The number of ether oxygens (including phenoxy) is 2. The predicted octanol–water partition coefficient (Wildman–Crippen LogP) is 3.29. The highest BCUT2D eigenvalue weighted by atomic mass is 16.6. The maximum Gasteiger partial charge on any atom is 0.230 e. The lowest BCUT2D eigenvalue weighted by Gasteiger charge is -2.18. The van der Waals surface area contributed by atoms with E-state index in [2.05, 4.69) is 10.5 Å². The van der Waals surface area contributed by atoms with Gasteiger partial charge in [-0.25, -0.2) is 0 Å². The summed E-state index contributed by atoms with van der Waals surface area (Å²) in [5, 5.41) is 6.80. The van der Waals surface area contributed by atoms with Crippen molar-refractivity contribution < 1.29 is 18.8 Å². The van der Waals surface area contributed by atoms with Crippen LogP contribution in [0.3, 0.4) is 0 Å². The van der Waals surface area contributed by atoms with E-state index in [0.29, 0.717) is 41.9 Å². The number of nitrogens with zero attached hydrogens (tertiary/aromatic N) is 1. The summed E-state index contributed by atoms with van der Waals surface area (Å²) >= 11 is 0. The predicted molar refractivity (Wildman–Crippen MR) is 91.7 cm³/mol. The van der Waals surface area contributed by atoms with Crippen LogP contribution in [0.5, 0.6) is 11.5 Å². The van der Waals surface area contributed by atoms with Crippen molar-refractivity contribution in [2.75, 3.05) is 18.5 Å². The van der Waals surface area contributed by atoms with Gasteiger partial charge in [-0.15, -0.1) is 0 Å². The molecule has 0 radical (unpaired) electrons. The maximum absolute atomic E-state index is 12.2. The number of benzene rings is 2. The molecule has 1 aromatic heterocycles. The molecular weight excluding hydrogens is 320 g/mol. The number of aromatic nitrogens is 1. The number of nitrogens with one attached hydrogen (secondary N) is 1. The molecule has 1 N–H and O–H groups in total. The molecule has 0 spiro atoms. The van der Waals surface area contributed by atoms with E-state index in [1.165, 1.54) is 0 Å². The molecular formula is C19H16N2O4. The largest absolute Gasteiger partial charge is 0.486 e. The van der Waals surface area contributed by atoms with E-state index in [9.17, 15) is 4.79 Å². The molecule has 0 saturated carbocycles. The lowest BCUT2D eigenvalue weighted by Crippen LogP contribution is -2.17. The summed E-state index contributed by atoms with van der Waals surface area (Å²) in [6.07, 6.45) is 0.130. The molecule has 2 aromatic carbocycles. The fraction of sp³-hybridized carbons (Fsp3) is 0.158. The van der Waals surface area contributed by atoms with Crippen LogP contribution in [0.15, 0.2) is 59.1 Å². The molecule has 1 amide bonds. The molecule has 4 rings (SSSR count). The number of carbonyl (C=O) groups excluding carboxylic acids is 1. The minimum atomic E-state index is -0.176. The summed E-state index contributed by atoms with van der Waals surface area (Å²) in [6, 6.07) is 16.7. The van der Waals surface area contributed by atoms with E-state index in [0.717, 1.165) is 5.56 Å². The Morgan fingerprint density at radius 3 is 2.64 bits per heavy atom. The molecule has 0 aliphatic carbocycles. The molecule has 0 saturated heterocycles. The van der Waals surface area contributed by atoms with Crippen LogP contribution in [0, 0.1) is 0 Å². The highest BCUT2D eigenvalue weighted by Crippen LogP contribution is 2.32. The first kappa shape index (κ1) is 15.3. The van der Waals surface area contributed by atoms with Crippen molar-refractivity contribution >= 4 is 11.6 Å². The Morgan fingerprint density at radius 2 is 1.80 bits per heavy atom. The Kier molecular flexibility index (Phi) is 4.08. The van der Waals surface area contributed by atoms with Crippen LogP contribution in [-0.2, 0) is 11.2 Å². The number of hydrogen-bond acceptors (Lipinski definition) is 5. The van der Waals surface area contributed by atoms with E-state index in [1.54, 1.807) is 24.3 Å². The van der Waals surface area contributed by atoms with Crippen LogP contribution in [0.2, 0.25) is 0 Å². The fourth-order valence-electron chi connectivity index (χ4n) is 2.62. The molecule has 0 fully saturated rings. The maximum atomic E-state index is 12.2. The van der Waals surface area contributed by atoms with Gasteiger partial charge in [-0.3, -0.25) is 4.79 Å². The highest BCUT2D eigenvalue weighted by molar-refractivity contribution is 5.92. The summed E-state index contributed by atoms with van der Waals surface area (Å²) < 4.78 is 16.3. The zero-order chi connectivity index (χ0) is 17.1. The Morgan fingerprint density at radius 1 is 1.00 bits per heavy atom. The molecule has 126 valence electrons. The molecule has 1 aliphatic rings. The molecule has 3 aromatic rings. The summed E-state index contributed by atoms with van der Waals surface area (Å²) in [5.74, 6) is 1.79. The van der Waals surface area contributed by atoms with Crippen molar-refractivity contribution in [1.29, 1.82) is 0 Å². The Balaban J connectivity index is 1.42. The average molecular weight is 336 g/mol. The van der Waals surface area contributed by atoms with Crippen LogP contribution in [-0.4, -0.2) is 24.3 Å². The van der Waals surface area contributed by atoms with Crippen LogP contribution >= 0.6 is 0 Å². The van der Waals surface area contributed by atoms with Crippen molar-refractivity contribution in [3.05, 3.63) is 60.3 Å². The van der Waals surface area contributed by atoms with Gasteiger partial charge in [-0.2, -0.15) is 0 Å². The van der Waals surface area contributed by atoms with Crippen molar-refractivity contribution in [3.63, 3.8) is 0 Å². The van der Waals surface area contributed by atoms with Crippen LogP contribution in [0.1, 0.15) is 5.69 Å². The minimum absolute atomic E-state index is 0.130. The highest BCUT2D eigenvalue weighted by Gasteiger charge is 2.14. The van der Waals surface area contributed by atoms with E-state index in [-0.39, 0.29) is 12.3 Å². The van der Waals surface area contributed by atoms with Crippen molar-refractivity contribution in [1.82, 2.24) is 5.16 Å². The van der Waals surface area contributed by atoms with E-state index in [1.807, 2.05) is 30.3 Å². The van der Waals surface area contributed by atoms with E-state index >= 15 is 0 Å². The first-order valence-corrected chi connectivity index (χ1v) is 7.98. The fourth-order valence-corrected chi connectivity index (χ4v) is 2.62. The van der Waals surface area contributed by atoms with Gasteiger partial charge in [0, 0.05) is 23.4 Å². The van der Waals surface area contributed by atoms with Gasteiger partial charge < -0.3 is 19.3 Å². The van der Waals surface area contributed by atoms with E-state index in [4.69, 9.17) is 14.0 Å². The summed E-state index contributed by atoms with van der Waals surface area (Å²) in [6.45, 7) is 1.04. The van der Waals surface area contributed by atoms with Crippen LogP contribution in [0.4, 0.5) is 5.69 Å². The summed E-state index contributed by atoms with van der Waals surface area (Å²) in [7, 11) is 0. The quantitative estimate of drug-likeness (QED) is 0.791. The standard InChI is InChI=1S/C19H16N2O4/c22-19(20-14-6-7-16-18(10-14)24-9-8-23-16)12-15-11-17(25-21-15)13-4-2-1-3-5-13/h1-7,10-11H,8-9,12H2,(H,20,22). The van der Waals surface area contributed by atoms with Gasteiger partial charge in [0.05, 0.1) is 12.1 Å². The molecule has 6 heteroatoms. The van der Waals surface area contributed by atoms with Gasteiger partial charge in [0.25, 0.3) is 0 Å². The van der Waals surface area contributed by atoms with E-state index < -0.39 is 0 Å². The smallest absolute Gasteiger partial charge is 0.230 e. The molecule has 6 nitrogen and oxygen atoms in total. The van der Waals surface area contributed by atoms with Crippen LogP contribution in [0.25, 0.3) is 11.3 Å². The van der Waals surface area contributed by atoms with Gasteiger partial charge in [-0.1, -0.05) is 35.5 Å². The lowest BCUT2D eigenvalue weighted by atomic mass is 10.1. The Bertz CT molecular complexity index is 889. The van der Waals surface area contributed by atoms with Crippen LogP contribution < -0.4 is 14.8 Å². The SMILES string of the molecule is O=C(Cc1cc(-c2ccccc2)on1)Nc1ccc2c(c1)OCCO2. The van der Waals surface area contributed by atoms with Gasteiger partial charge >= 0.3 is 0 Å². The lowest BCUT2D eigenvalue weighted by molar-refractivity contribution is -0.115. The van der Waals surface area contributed by atoms with Gasteiger partial charge in [0.15, 0.2) is 17.3 Å². The van der Waals surface area contributed by atoms with Crippen molar-refractivity contribution in [2.24, 2.45) is 0 Å². The van der Waals surface area contributed by atoms with Gasteiger partial charge in [-0.05, 0) is 12.1 Å². The molecule has 0 bridgehead atoms. The number of anilines is 1. The molecule has 0 atom stereocenters. The molecule has 1 aliphatic heterocycles. The average Bonchev–Trinajstić information content (AvgIpc) is 3.10. The first-order chi connectivity index (χ1) is 12.3.